The lowest BCUT2D eigenvalue weighted by molar-refractivity contribution is -0.135. The maximum Gasteiger partial charge on any atom is 0.223 e. The molecule has 20 heavy (non-hydrogen) atoms. The molecular formula is C15H27N3O2. The van der Waals surface area contributed by atoms with Crippen molar-refractivity contribution < 1.29 is 9.59 Å². The molecule has 0 spiro atoms. The Balaban J connectivity index is 1.67. The van der Waals surface area contributed by atoms with Gasteiger partial charge >= 0.3 is 0 Å². The second-order valence-electron chi connectivity index (χ2n) is 6.16. The molecule has 0 aromatic rings. The highest BCUT2D eigenvalue weighted by Crippen LogP contribution is 2.18. The number of hydrogen-bond donors (Lipinski definition) is 0. The van der Waals surface area contributed by atoms with Crippen molar-refractivity contribution >= 4 is 11.7 Å². The third-order valence-corrected chi connectivity index (χ3v) is 4.66. The van der Waals surface area contributed by atoms with E-state index < -0.39 is 0 Å². The maximum absolute atomic E-state index is 12.2. The van der Waals surface area contributed by atoms with Crippen molar-refractivity contribution in [2.24, 2.45) is 5.92 Å². The van der Waals surface area contributed by atoms with E-state index in [4.69, 9.17) is 0 Å². The van der Waals surface area contributed by atoms with Crippen LogP contribution in [0.5, 0.6) is 0 Å². The average Bonchev–Trinajstić information content (AvgIpc) is 2.46. The van der Waals surface area contributed by atoms with Gasteiger partial charge in [-0.2, -0.15) is 0 Å². The molecule has 2 rings (SSSR count). The van der Waals surface area contributed by atoms with Crippen LogP contribution in [0.25, 0.3) is 0 Å². The molecule has 0 saturated carbocycles. The van der Waals surface area contributed by atoms with Gasteiger partial charge in [0.25, 0.3) is 0 Å². The highest BCUT2D eigenvalue weighted by molar-refractivity contribution is 5.79. The predicted octanol–water partition coefficient (Wildman–Crippen LogP) is 0.452. The van der Waals surface area contributed by atoms with Crippen molar-refractivity contribution in [1.82, 2.24) is 14.7 Å². The molecule has 2 heterocycles. The van der Waals surface area contributed by atoms with Crippen molar-refractivity contribution in [3.8, 4) is 0 Å². The molecule has 5 nitrogen and oxygen atoms in total. The summed E-state index contributed by atoms with van der Waals surface area (Å²) >= 11 is 0. The second kappa shape index (κ2) is 7.18. The number of nitrogens with zero attached hydrogens (tertiary/aromatic N) is 3. The summed E-state index contributed by atoms with van der Waals surface area (Å²) in [5.41, 5.74) is 0. The Morgan fingerprint density at radius 3 is 2.15 bits per heavy atom. The van der Waals surface area contributed by atoms with E-state index in [1.165, 1.54) is 0 Å². The molecular weight excluding hydrogens is 254 g/mol. The van der Waals surface area contributed by atoms with E-state index in [1.54, 1.807) is 6.92 Å². The molecule has 2 fully saturated rings. The summed E-state index contributed by atoms with van der Waals surface area (Å²) in [6, 6.07) is 0. The fourth-order valence-electron chi connectivity index (χ4n) is 3.02. The fraction of sp³-hybridized carbons (Fsp3) is 0.867. The van der Waals surface area contributed by atoms with Crippen LogP contribution in [0.3, 0.4) is 0 Å². The van der Waals surface area contributed by atoms with E-state index in [9.17, 15) is 9.59 Å². The molecule has 0 unspecified atom stereocenters. The summed E-state index contributed by atoms with van der Waals surface area (Å²) in [4.78, 5) is 30.1. The molecule has 2 saturated heterocycles. The lowest BCUT2D eigenvalue weighted by Gasteiger charge is -2.34. The Bertz CT molecular complexity index is 343. The molecule has 5 heteroatoms. The molecule has 1 amide bonds. The number of ketones is 1. The number of piperazine rings is 1. The van der Waals surface area contributed by atoms with Gasteiger partial charge in [0, 0.05) is 58.2 Å². The Labute approximate surface area is 121 Å². The number of rotatable bonds is 4. The van der Waals surface area contributed by atoms with Crippen LogP contribution >= 0.6 is 0 Å². The minimum absolute atomic E-state index is 0.177. The first-order chi connectivity index (χ1) is 9.56. The van der Waals surface area contributed by atoms with Crippen LogP contribution < -0.4 is 0 Å². The largest absolute Gasteiger partial charge is 0.343 e. The third kappa shape index (κ3) is 4.28. The summed E-state index contributed by atoms with van der Waals surface area (Å²) in [5.74, 6) is 0.706. The van der Waals surface area contributed by atoms with Crippen LogP contribution in [0, 0.1) is 5.92 Å². The topological polar surface area (TPSA) is 43.9 Å². The number of likely N-dealkylation sites (tertiary alicyclic amines) is 1. The second-order valence-corrected chi connectivity index (χ2v) is 6.16. The van der Waals surface area contributed by atoms with E-state index in [0.717, 1.165) is 58.7 Å². The molecule has 2 aliphatic heterocycles. The van der Waals surface area contributed by atoms with Crippen LogP contribution in [0.15, 0.2) is 0 Å². The van der Waals surface area contributed by atoms with Gasteiger partial charge < -0.3 is 14.7 Å². The quantitative estimate of drug-likeness (QED) is 0.750. The SMILES string of the molecule is CC(=O)C1CCN(C(=O)CCN2CCN(C)CC2)CC1. The van der Waals surface area contributed by atoms with Gasteiger partial charge in [0.1, 0.15) is 5.78 Å². The summed E-state index contributed by atoms with van der Waals surface area (Å²) < 4.78 is 0. The van der Waals surface area contributed by atoms with E-state index in [1.807, 2.05) is 4.90 Å². The summed E-state index contributed by atoms with van der Waals surface area (Å²) in [5, 5.41) is 0. The zero-order chi connectivity index (χ0) is 14.5. The molecule has 0 aromatic carbocycles. The Morgan fingerprint density at radius 2 is 1.60 bits per heavy atom. The van der Waals surface area contributed by atoms with Crippen LogP contribution in [-0.4, -0.2) is 79.3 Å². The van der Waals surface area contributed by atoms with Gasteiger partial charge in [0.2, 0.25) is 5.91 Å². The van der Waals surface area contributed by atoms with Crippen molar-refractivity contribution in [2.75, 3.05) is 52.9 Å². The zero-order valence-electron chi connectivity index (χ0n) is 12.8. The van der Waals surface area contributed by atoms with Gasteiger partial charge in [-0.25, -0.2) is 0 Å². The first-order valence-corrected chi connectivity index (χ1v) is 7.75. The van der Waals surface area contributed by atoms with Crippen LogP contribution in [0.4, 0.5) is 0 Å². The van der Waals surface area contributed by atoms with Crippen molar-refractivity contribution in [3.63, 3.8) is 0 Å². The predicted molar refractivity (Wildman–Crippen MR) is 78.5 cm³/mol. The zero-order valence-corrected chi connectivity index (χ0v) is 12.8. The number of carbonyl (C=O) groups excluding carboxylic acids is 2. The molecule has 0 radical (unpaired) electrons. The third-order valence-electron chi connectivity index (χ3n) is 4.66. The molecule has 114 valence electrons. The smallest absolute Gasteiger partial charge is 0.223 e. The normalized spacial score (nSPS) is 23.0. The van der Waals surface area contributed by atoms with E-state index in [0.29, 0.717) is 6.42 Å². The minimum Gasteiger partial charge on any atom is -0.343 e. The summed E-state index contributed by atoms with van der Waals surface area (Å²) in [7, 11) is 2.14. The first kappa shape index (κ1) is 15.4. The van der Waals surface area contributed by atoms with Crippen LogP contribution in [0.1, 0.15) is 26.2 Å². The van der Waals surface area contributed by atoms with Gasteiger partial charge in [-0.15, -0.1) is 0 Å². The monoisotopic (exact) mass is 281 g/mol. The maximum atomic E-state index is 12.2. The van der Waals surface area contributed by atoms with Gasteiger partial charge in [0.15, 0.2) is 0 Å². The molecule has 0 atom stereocenters. The Morgan fingerprint density at radius 1 is 1.00 bits per heavy atom. The van der Waals surface area contributed by atoms with Crippen LogP contribution in [0.2, 0.25) is 0 Å². The van der Waals surface area contributed by atoms with Gasteiger partial charge in [-0.1, -0.05) is 0 Å². The molecule has 0 N–H and O–H groups in total. The van der Waals surface area contributed by atoms with E-state index >= 15 is 0 Å². The average molecular weight is 281 g/mol. The lowest BCUT2D eigenvalue weighted by atomic mass is 9.93. The number of amides is 1. The standard InChI is InChI=1S/C15H27N3O2/c1-13(19)14-3-7-18(8-4-14)15(20)5-6-17-11-9-16(2)10-12-17/h14H,3-12H2,1-2H3. The number of carbonyl (C=O) groups is 2. The molecule has 0 aromatic heterocycles. The summed E-state index contributed by atoms with van der Waals surface area (Å²) in [6.45, 7) is 8.37. The highest BCUT2D eigenvalue weighted by Gasteiger charge is 2.25. The number of likely N-dealkylation sites (N-methyl/N-ethyl adjacent to an activating group) is 1. The van der Waals surface area contributed by atoms with Gasteiger partial charge in [0.05, 0.1) is 0 Å². The highest BCUT2D eigenvalue weighted by atomic mass is 16.2. The molecule has 0 aliphatic carbocycles. The molecule has 0 bridgehead atoms. The Hall–Kier alpha value is -0.940. The Kier molecular flexibility index (Phi) is 5.54. The minimum atomic E-state index is 0.177. The van der Waals surface area contributed by atoms with Crippen molar-refractivity contribution in [2.45, 2.75) is 26.2 Å². The first-order valence-electron chi connectivity index (χ1n) is 7.75. The molecule has 2 aliphatic rings. The number of piperidine rings is 1. The number of Topliss-reactive ketones (excluding diaryl/α,β-unsaturated/α-hetero) is 1. The van der Waals surface area contributed by atoms with Gasteiger partial charge in [-0.05, 0) is 26.8 Å². The van der Waals surface area contributed by atoms with Crippen molar-refractivity contribution in [1.29, 1.82) is 0 Å². The number of hydrogen-bond acceptors (Lipinski definition) is 4. The fourth-order valence-corrected chi connectivity index (χ4v) is 3.02. The van der Waals surface area contributed by atoms with Crippen LogP contribution in [-0.2, 0) is 9.59 Å². The van der Waals surface area contributed by atoms with Gasteiger partial charge in [-0.3, -0.25) is 9.59 Å². The van der Waals surface area contributed by atoms with E-state index in [2.05, 4.69) is 16.8 Å². The summed E-state index contributed by atoms with van der Waals surface area (Å²) in [6.07, 6.45) is 2.31. The van der Waals surface area contributed by atoms with E-state index in [-0.39, 0.29) is 17.6 Å². The van der Waals surface area contributed by atoms with Crippen molar-refractivity contribution in [3.05, 3.63) is 0 Å². The lowest BCUT2D eigenvalue weighted by Crippen LogP contribution is -2.46.